The number of carbonyl (C=O) groups excluding carboxylic acids is 2. The highest BCUT2D eigenvalue weighted by atomic mass is 16.6. The van der Waals surface area contributed by atoms with Crippen molar-refractivity contribution >= 4 is 17.3 Å². The van der Waals surface area contributed by atoms with Crippen LogP contribution in [0, 0.1) is 15.5 Å². The first-order chi connectivity index (χ1) is 15.9. The highest BCUT2D eigenvalue weighted by Crippen LogP contribution is 2.46. The van der Waals surface area contributed by atoms with E-state index in [9.17, 15) is 24.9 Å². The number of benzene rings is 1. The second kappa shape index (κ2) is 11.0. The van der Waals surface area contributed by atoms with Gasteiger partial charge in [0.25, 0.3) is 11.5 Å². The van der Waals surface area contributed by atoms with Gasteiger partial charge in [0.05, 0.1) is 4.92 Å². The van der Waals surface area contributed by atoms with Crippen LogP contribution in [0.3, 0.4) is 0 Å². The SMILES string of the molecule is CC.O=C1C(NCCCN2CCC3(CCCC3)CC2)=C([NH2+]O)C(=O)c2ccc([N+](=O)[O-])cc21. The van der Waals surface area contributed by atoms with Crippen LogP contribution in [0.25, 0.3) is 0 Å². The minimum atomic E-state index is -0.600. The van der Waals surface area contributed by atoms with Gasteiger partial charge in [0, 0.05) is 29.8 Å². The van der Waals surface area contributed by atoms with Gasteiger partial charge in [-0.15, -0.1) is 0 Å². The molecule has 9 nitrogen and oxygen atoms in total. The van der Waals surface area contributed by atoms with Gasteiger partial charge < -0.3 is 10.2 Å². The summed E-state index contributed by atoms with van der Waals surface area (Å²) in [5, 5.41) is 23.6. The summed E-state index contributed by atoms with van der Waals surface area (Å²) in [6, 6.07) is 3.57. The van der Waals surface area contributed by atoms with Crippen molar-refractivity contribution in [2.45, 2.75) is 58.8 Å². The maximum atomic E-state index is 12.9. The summed E-state index contributed by atoms with van der Waals surface area (Å²) >= 11 is 0. The Balaban J connectivity index is 0.00000149. The molecule has 1 aromatic rings. The Morgan fingerprint density at radius 1 is 1.09 bits per heavy atom. The summed E-state index contributed by atoms with van der Waals surface area (Å²) in [5.74, 6) is -1.04. The number of nitro benzene ring substituents is 1. The van der Waals surface area contributed by atoms with Crippen molar-refractivity contribution in [2.24, 2.45) is 5.41 Å². The fraction of sp³-hybridized carbons (Fsp3) is 0.583. The highest BCUT2D eigenvalue weighted by molar-refractivity contribution is 6.25. The third kappa shape index (κ3) is 5.31. The van der Waals surface area contributed by atoms with E-state index in [-0.39, 0.29) is 28.2 Å². The number of nitrogens with two attached hydrogens (primary N) is 1. The zero-order chi connectivity index (χ0) is 24.0. The second-order valence-electron chi connectivity index (χ2n) is 8.89. The molecule has 0 radical (unpaired) electrons. The van der Waals surface area contributed by atoms with Crippen molar-refractivity contribution in [1.82, 2.24) is 10.2 Å². The number of rotatable bonds is 7. The molecular weight excluding hydrogens is 424 g/mol. The number of nitrogens with zero attached hydrogens (tertiary/aromatic N) is 2. The lowest BCUT2D eigenvalue weighted by Crippen LogP contribution is -2.81. The molecule has 1 aromatic carbocycles. The van der Waals surface area contributed by atoms with E-state index in [1.807, 2.05) is 13.8 Å². The Hall–Kier alpha value is -2.62. The molecule has 1 saturated heterocycles. The zero-order valence-electron chi connectivity index (χ0n) is 19.6. The summed E-state index contributed by atoms with van der Waals surface area (Å²) in [6.45, 7) is 7.58. The number of quaternary nitrogens is 1. The minimum Gasteiger partial charge on any atom is -0.377 e. The number of likely N-dealkylation sites (tertiary alicyclic amines) is 1. The average Bonchev–Trinajstić information content (AvgIpc) is 3.29. The van der Waals surface area contributed by atoms with E-state index in [2.05, 4.69) is 10.2 Å². The summed E-state index contributed by atoms with van der Waals surface area (Å²) in [5.41, 5.74) is 0.924. The lowest BCUT2D eigenvalue weighted by Gasteiger charge is -2.39. The van der Waals surface area contributed by atoms with Gasteiger partial charge in [-0.1, -0.05) is 26.7 Å². The molecule has 9 heteroatoms. The van der Waals surface area contributed by atoms with Crippen LogP contribution in [0.4, 0.5) is 5.69 Å². The molecule has 0 amide bonds. The predicted molar refractivity (Wildman–Crippen MR) is 123 cm³/mol. The third-order valence-corrected chi connectivity index (χ3v) is 7.11. The van der Waals surface area contributed by atoms with E-state index in [0.29, 0.717) is 17.4 Å². The van der Waals surface area contributed by atoms with Crippen molar-refractivity contribution in [3.8, 4) is 0 Å². The van der Waals surface area contributed by atoms with Gasteiger partial charge in [0.1, 0.15) is 0 Å². The number of allylic oxidation sites excluding steroid dienone is 2. The topological polar surface area (TPSA) is 129 Å². The van der Waals surface area contributed by atoms with E-state index in [1.165, 1.54) is 50.7 Å². The van der Waals surface area contributed by atoms with Crippen molar-refractivity contribution in [1.29, 1.82) is 0 Å². The largest absolute Gasteiger partial charge is 0.377 e. The molecule has 3 aliphatic rings. The fourth-order valence-electron chi connectivity index (χ4n) is 5.24. The van der Waals surface area contributed by atoms with Crippen molar-refractivity contribution < 1.29 is 25.2 Å². The number of piperidine rings is 1. The molecule has 0 atom stereocenters. The van der Waals surface area contributed by atoms with Crippen LogP contribution in [0.15, 0.2) is 29.6 Å². The smallest absolute Gasteiger partial charge is 0.270 e. The van der Waals surface area contributed by atoms with E-state index in [4.69, 9.17) is 0 Å². The molecule has 1 saturated carbocycles. The molecule has 0 bridgehead atoms. The molecule has 4 N–H and O–H groups in total. The zero-order valence-corrected chi connectivity index (χ0v) is 19.6. The maximum Gasteiger partial charge on any atom is 0.270 e. The van der Waals surface area contributed by atoms with E-state index >= 15 is 0 Å². The Bertz CT molecular complexity index is 927. The first kappa shape index (κ1) is 25.0. The van der Waals surface area contributed by atoms with E-state index in [0.717, 1.165) is 32.1 Å². The van der Waals surface area contributed by atoms with Gasteiger partial charge in [-0.25, -0.2) is 5.21 Å². The summed E-state index contributed by atoms with van der Waals surface area (Å²) in [7, 11) is 0. The van der Waals surface area contributed by atoms with Gasteiger partial charge in [-0.05, 0) is 63.2 Å². The third-order valence-electron chi connectivity index (χ3n) is 7.11. The second-order valence-corrected chi connectivity index (χ2v) is 8.89. The lowest BCUT2D eigenvalue weighted by molar-refractivity contribution is -0.846. The molecule has 1 spiro atoms. The number of hydrogen-bond acceptors (Lipinski definition) is 7. The number of non-ortho nitro benzene ring substituents is 1. The number of nitrogens with one attached hydrogen (secondary N) is 1. The molecule has 180 valence electrons. The van der Waals surface area contributed by atoms with Crippen LogP contribution in [-0.4, -0.2) is 52.8 Å². The monoisotopic (exact) mass is 459 g/mol. The van der Waals surface area contributed by atoms with Crippen LogP contribution in [0.1, 0.15) is 79.5 Å². The number of carbonyl (C=O) groups is 2. The molecule has 0 unspecified atom stereocenters. The van der Waals surface area contributed by atoms with Crippen LogP contribution in [-0.2, 0) is 0 Å². The summed E-state index contributed by atoms with van der Waals surface area (Å²) < 4.78 is 0. The van der Waals surface area contributed by atoms with Gasteiger partial charge in [0.15, 0.2) is 5.70 Å². The number of nitro groups is 1. The van der Waals surface area contributed by atoms with Gasteiger partial charge in [-0.2, -0.15) is 5.48 Å². The molecule has 1 heterocycles. The van der Waals surface area contributed by atoms with Crippen molar-refractivity contribution in [3.63, 3.8) is 0 Å². The summed E-state index contributed by atoms with van der Waals surface area (Å²) in [6.07, 6.45) is 8.78. The van der Waals surface area contributed by atoms with Gasteiger partial charge >= 0.3 is 0 Å². The van der Waals surface area contributed by atoms with Crippen LogP contribution in [0.2, 0.25) is 0 Å². The fourth-order valence-corrected chi connectivity index (χ4v) is 5.24. The maximum absolute atomic E-state index is 12.9. The molecule has 4 rings (SSSR count). The standard InChI is InChI=1S/C22H28N4O5.C2H6/c27-20-16-5-4-15(26(30)31)14-17(16)21(28)18(19(20)24-29)23-10-3-11-25-12-8-22(9-13-25)6-1-2-7-22;1-2/h4-5,14,23-24,29H,1-3,6-13H2;1-2H3/p+1. The molecule has 2 fully saturated rings. The van der Waals surface area contributed by atoms with E-state index < -0.39 is 16.5 Å². The Labute approximate surface area is 194 Å². The minimum absolute atomic E-state index is 0.00375. The van der Waals surface area contributed by atoms with Gasteiger partial charge in [0.2, 0.25) is 11.5 Å². The number of hydroxylamine groups is 1. The molecule has 2 aliphatic carbocycles. The summed E-state index contributed by atoms with van der Waals surface area (Å²) in [4.78, 5) is 38.5. The molecule has 33 heavy (non-hydrogen) atoms. The number of Topliss-reactive ketones (excluding diaryl/α,β-unsaturated/α-hetero) is 2. The average molecular weight is 460 g/mol. The van der Waals surface area contributed by atoms with Crippen molar-refractivity contribution in [2.75, 3.05) is 26.2 Å². The first-order valence-corrected chi connectivity index (χ1v) is 12.0. The normalized spacial score (nSPS) is 19.8. The molecule has 0 aromatic heterocycles. The highest BCUT2D eigenvalue weighted by Gasteiger charge is 2.38. The Kier molecular flexibility index (Phi) is 8.34. The molecular formula is C24H35N4O5+. The van der Waals surface area contributed by atoms with E-state index in [1.54, 1.807) is 0 Å². The Morgan fingerprint density at radius 3 is 2.36 bits per heavy atom. The first-order valence-electron chi connectivity index (χ1n) is 12.0. The number of hydrogen-bond donors (Lipinski definition) is 3. The van der Waals surface area contributed by atoms with Crippen LogP contribution in [0.5, 0.6) is 0 Å². The predicted octanol–water partition coefficient (Wildman–Crippen LogP) is 2.80. The number of fused-ring (bicyclic) bond motifs is 1. The Morgan fingerprint density at radius 2 is 1.76 bits per heavy atom. The van der Waals surface area contributed by atoms with Crippen molar-refractivity contribution in [3.05, 3.63) is 50.8 Å². The molecule has 1 aliphatic heterocycles. The van der Waals surface area contributed by atoms with Crippen LogP contribution < -0.4 is 10.8 Å². The lowest BCUT2D eigenvalue weighted by atomic mass is 9.77. The quantitative estimate of drug-likeness (QED) is 0.325. The number of ketones is 2. The van der Waals surface area contributed by atoms with Gasteiger partial charge in [-0.3, -0.25) is 19.7 Å². The van der Waals surface area contributed by atoms with Crippen LogP contribution >= 0.6 is 0 Å².